The van der Waals surface area contributed by atoms with Crippen molar-refractivity contribution in [1.29, 1.82) is 0 Å². The first-order chi connectivity index (χ1) is 8.74. The number of hydrogen-bond acceptors (Lipinski definition) is 2. The monoisotopic (exact) mass is 275 g/mol. The van der Waals surface area contributed by atoms with Crippen LogP contribution in [0.25, 0.3) is 0 Å². The van der Waals surface area contributed by atoms with Gasteiger partial charge in [-0.1, -0.05) is 0 Å². The normalized spacial score (nSPS) is 11.5. The lowest BCUT2D eigenvalue weighted by Crippen LogP contribution is -2.34. The molecule has 2 amide bonds. The molecule has 0 spiro atoms. The summed E-state index contributed by atoms with van der Waals surface area (Å²) >= 11 is 0. The van der Waals surface area contributed by atoms with E-state index in [1.54, 1.807) is 13.8 Å². The SMILES string of the molecule is CC(C)NC(=O)Nc1ccc(C(F)(F)F)cc1CN. The highest BCUT2D eigenvalue weighted by molar-refractivity contribution is 5.90. The van der Waals surface area contributed by atoms with Crippen LogP contribution in [0, 0.1) is 0 Å². The first-order valence-electron chi connectivity index (χ1n) is 5.71. The van der Waals surface area contributed by atoms with Gasteiger partial charge in [0.15, 0.2) is 0 Å². The van der Waals surface area contributed by atoms with Gasteiger partial charge in [0.1, 0.15) is 0 Å². The fourth-order valence-electron chi connectivity index (χ4n) is 1.48. The van der Waals surface area contributed by atoms with Crippen molar-refractivity contribution in [2.75, 3.05) is 5.32 Å². The van der Waals surface area contributed by atoms with Crippen molar-refractivity contribution in [2.45, 2.75) is 32.6 Å². The number of halogens is 3. The number of rotatable bonds is 3. The Balaban J connectivity index is 2.94. The van der Waals surface area contributed by atoms with Gasteiger partial charge in [0.25, 0.3) is 0 Å². The molecule has 1 aromatic rings. The van der Waals surface area contributed by atoms with Crippen molar-refractivity contribution >= 4 is 11.7 Å². The summed E-state index contributed by atoms with van der Waals surface area (Å²) in [5.74, 6) is 0. The highest BCUT2D eigenvalue weighted by atomic mass is 19.4. The maximum absolute atomic E-state index is 12.5. The smallest absolute Gasteiger partial charge is 0.336 e. The number of carbonyl (C=O) groups is 1. The third-order valence-electron chi connectivity index (χ3n) is 2.32. The Labute approximate surface area is 109 Å². The summed E-state index contributed by atoms with van der Waals surface area (Å²) < 4.78 is 37.6. The van der Waals surface area contributed by atoms with Crippen molar-refractivity contribution in [2.24, 2.45) is 5.73 Å². The number of anilines is 1. The fraction of sp³-hybridized carbons (Fsp3) is 0.417. The van der Waals surface area contributed by atoms with Gasteiger partial charge in [-0.05, 0) is 37.6 Å². The molecule has 0 bridgehead atoms. The molecule has 1 rings (SSSR count). The van der Waals surface area contributed by atoms with Crippen LogP contribution >= 0.6 is 0 Å². The summed E-state index contributed by atoms with van der Waals surface area (Å²) in [4.78, 5) is 11.5. The molecule has 0 saturated carbocycles. The van der Waals surface area contributed by atoms with Gasteiger partial charge in [0, 0.05) is 18.3 Å². The molecular weight excluding hydrogens is 259 g/mol. The minimum atomic E-state index is -4.43. The molecule has 0 atom stereocenters. The topological polar surface area (TPSA) is 67.2 Å². The zero-order chi connectivity index (χ0) is 14.6. The molecule has 0 aliphatic heterocycles. The lowest BCUT2D eigenvalue weighted by molar-refractivity contribution is -0.137. The molecular formula is C12H16F3N3O. The Morgan fingerprint density at radius 1 is 1.37 bits per heavy atom. The van der Waals surface area contributed by atoms with Gasteiger partial charge in [-0.2, -0.15) is 13.2 Å². The minimum absolute atomic E-state index is 0.0734. The predicted molar refractivity (Wildman–Crippen MR) is 66.6 cm³/mol. The summed E-state index contributed by atoms with van der Waals surface area (Å²) in [6.07, 6.45) is -4.43. The van der Waals surface area contributed by atoms with Gasteiger partial charge in [0.2, 0.25) is 0 Å². The number of amides is 2. The second kappa shape index (κ2) is 5.92. The zero-order valence-corrected chi connectivity index (χ0v) is 10.6. The van der Waals surface area contributed by atoms with E-state index >= 15 is 0 Å². The Bertz CT molecular complexity index is 458. The summed E-state index contributed by atoms with van der Waals surface area (Å²) in [5.41, 5.74) is 5.11. The van der Waals surface area contributed by atoms with E-state index in [-0.39, 0.29) is 23.8 Å². The average molecular weight is 275 g/mol. The number of carbonyl (C=O) groups excluding carboxylic acids is 1. The minimum Gasteiger partial charge on any atom is -0.336 e. The molecule has 0 fully saturated rings. The van der Waals surface area contributed by atoms with E-state index < -0.39 is 17.8 Å². The summed E-state index contributed by atoms with van der Waals surface area (Å²) in [6.45, 7) is 3.45. The molecule has 0 aliphatic carbocycles. The Morgan fingerprint density at radius 2 is 2.00 bits per heavy atom. The molecule has 1 aromatic carbocycles. The molecule has 0 aromatic heterocycles. The summed E-state index contributed by atoms with van der Waals surface area (Å²) in [5, 5.41) is 5.05. The van der Waals surface area contributed by atoms with Crippen LogP contribution in [-0.4, -0.2) is 12.1 Å². The van der Waals surface area contributed by atoms with E-state index in [1.807, 2.05) is 0 Å². The number of nitrogens with two attached hydrogens (primary N) is 1. The van der Waals surface area contributed by atoms with E-state index in [0.29, 0.717) is 0 Å². The third kappa shape index (κ3) is 4.44. The first-order valence-corrected chi connectivity index (χ1v) is 5.71. The number of urea groups is 1. The van der Waals surface area contributed by atoms with Gasteiger partial charge in [0.05, 0.1) is 5.56 Å². The number of nitrogens with one attached hydrogen (secondary N) is 2. The van der Waals surface area contributed by atoms with Gasteiger partial charge in [-0.25, -0.2) is 4.79 Å². The highest BCUT2D eigenvalue weighted by Crippen LogP contribution is 2.31. The van der Waals surface area contributed by atoms with Crippen LogP contribution in [0.15, 0.2) is 18.2 Å². The maximum Gasteiger partial charge on any atom is 0.416 e. The van der Waals surface area contributed by atoms with E-state index in [4.69, 9.17) is 5.73 Å². The van der Waals surface area contributed by atoms with Crippen LogP contribution in [0.2, 0.25) is 0 Å². The Morgan fingerprint density at radius 3 is 2.47 bits per heavy atom. The second-order valence-corrected chi connectivity index (χ2v) is 4.33. The predicted octanol–water partition coefficient (Wildman–Crippen LogP) is 2.69. The third-order valence-corrected chi connectivity index (χ3v) is 2.32. The van der Waals surface area contributed by atoms with Crippen molar-refractivity contribution in [3.63, 3.8) is 0 Å². The Hall–Kier alpha value is -1.76. The number of hydrogen-bond donors (Lipinski definition) is 3. The number of benzene rings is 1. The van der Waals surface area contributed by atoms with Crippen LogP contribution in [0.4, 0.5) is 23.7 Å². The van der Waals surface area contributed by atoms with E-state index in [2.05, 4.69) is 10.6 Å². The van der Waals surface area contributed by atoms with Crippen LogP contribution in [0.1, 0.15) is 25.0 Å². The first kappa shape index (κ1) is 15.3. The van der Waals surface area contributed by atoms with Crippen LogP contribution in [-0.2, 0) is 12.7 Å². The zero-order valence-electron chi connectivity index (χ0n) is 10.6. The van der Waals surface area contributed by atoms with Crippen LogP contribution < -0.4 is 16.4 Å². The summed E-state index contributed by atoms with van der Waals surface area (Å²) in [7, 11) is 0. The molecule has 19 heavy (non-hydrogen) atoms. The van der Waals surface area contributed by atoms with Crippen molar-refractivity contribution in [3.05, 3.63) is 29.3 Å². The maximum atomic E-state index is 12.5. The molecule has 106 valence electrons. The van der Waals surface area contributed by atoms with Crippen molar-refractivity contribution in [1.82, 2.24) is 5.32 Å². The largest absolute Gasteiger partial charge is 0.416 e. The molecule has 0 heterocycles. The molecule has 4 N–H and O–H groups in total. The van der Waals surface area contributed by atoms with E-state index in [1.165, 1.54) is 6.07 Å². The van der Waals surface area contributed by atoms with Gasteiger partial charge < -0.3 is 16.4 Å². The standard InChI is InChI=1S/C12H16F3N3O/c1-7(2)17-11(19)18-10-4-3-9(12(13,14)15)5-8(10)6-16/h3-5,7H,6,16H2,1-2H3,(H2,17,18,19). The highest BCUT2D eigenvalue weighted by Gasteiger charge is 2.30. The lowest BCUT2D eigenvalue weighted by atomic mass is 10.1. The number of alkyl halides is 3. The fourth-order valence-corrected chi connectivity index (χ4v) is 1.48. The van der Waals surface area contributed by atoms with Gasteiger partial charge >= 0.3 is 12.2 Å². The van der Waals surface area contributed by atoms with E-state index in [0.717, 1.165) is 12.1 Å². The molecule has 7 heteroatoms. The second-order valence-electron chi connectivity index (χ2n) is 4.33. The molecule has 0 aliphatic rings. The molecule has 4 nitrogen and oxygen atoms in total. The average Bonchev–Trinajstić information content (AvgIpc) is 2.26. The molecule has 0 saturated heterocycles. The van der Waals surface area contributed by atoms with Gasteiger partial charge in [-0.3, -0.25) is 0 Å². The van der Waals surface area contributed by atoms with Crippen molar-refractivity contribution < 1.29 is 18.0 Å². The van der Waals surface area contributed by atoms with Crippen LogP contribution in [0.3, 0.4) is 0 Å². The van der Waals surface area contributed by atoms with Gasteiger partial charge in [-0.15, -0.1) is 0 Å². The quantitative estimate of drug-likeness (QED) is 0.794. The summed E-state index contributed by atoms with van der Waals surface area (Å²) in [6, 6.07) is 2.49. The Kier molecular flexibility index (Phi) is 4.77. The molecule has 0 unspecified atom stereocenters. The van der Waals surface area contributed by atoms with Crippen molar-refractivity contribution in [3.8, 4) is 0 Å². The molecule has 0 radical (unpaired) electrons. The van der Waals surface area contributed by atoms with Crippen LogP contribution in [0.5, 0.6) is 0 Å². The van der Waals surface area contributed by atoms with E-state index in [9.17, 15) is 18.0 Å². The lowest BCUT2D eigenvalue weighted by Gasteiger charge is -2.15.